The van der Waals surface area contributed by atoms with Crippen molar-refractivity contribution in [3.63, 3.8) is 0 Å². The minimum Gasteiger partial charge on any atom is -0.462 e. The normalized spacial score (nSPS) is 18.1. The summed E-state index contributed by atoms with van der Waals surface area (Å²) in [7, 11) is 0. The molecule has 9 heteroatoms. The van der Waals surface area contributed by atoms with E-state index in [-0.39, 0.29) is 13.6 Å². The van der Waals surface area contributed by atoms with Crippen molar-refractivity contribution in [2.75, 3.05) is 20.1 Å². The van der Waals surface area contributed by atoms with Gasteiger partial charge in [0.2, 0.25) is 13.6 Å². The Morgan fingerprint density at radius 1 is 0.886 bits per heavy atom. The Morgan fingerprint density at radius 3 is 2.52 bits per heavy atom. The van der Waals surface area contributed by atoms with Crippen molar-refractivity contribution in [2.45, 2.75) is 53.2 Å². The van der Waals surface area contributed by atoms with Crippen molar-refractivity contribution in [2.24, 2.45) is 0 Å². The first-order valence-electron chi connectivity index (χ1n) is 15.0. The minimum atomic E-state index is 0.197. The molecule has 0 N–H and O–H groups in total. The molecule has 0 spiro atoms. The molecule has 4 heterocycles. The van der Waals surface area contributed by atoms with E-state index in [1.165, 1.54) is 0 Å². The molecule has 6 rings (SSSR count). The maximum atomic E-state index is 5.80. The number of hydrogen-bond acceptors (Lipinski definition) is 8. The Kier molecular flexibility index (Phi) is 9.43. The van der Waals surface area contributed by atoms with Crippen LogP contribution in [0.3, 0.4) is 0 Å². The highest BCUT2D eigenvalue weighted by Gasteiger charge is 2.24. The predicted octanol–water partition coefficient (Wildman–Crippen LogP) is 7.94. The zero-order valence-corrected chi connectivity index (χ0v) is 26.3. The van der Waals surface area contributed by atoms with Gasteiger partial charge >= 0.3 is 0 Å². The van der Waals surface area contributed by atoms with Crippen molar-refractivity contribution in [1.82, 2.24) is 19.4 Å². The first-order chi connectivity index (χ1) is 21.6. The van der Waals surface area contributed by atoms with Crippen LogP contribution in [0.1, 0.15) is 44.9 Å². The highest BCUT2D eigenvalue weighted by Crippen LogP contribution is 2.35. The zero-order chi connectivity index (χ0) is 30.3. The van der Waals surface area contributed by atoms with Crippen LogP contribution in [-0.4, -0.2) is 39.6 Å². The first-order valence-corrected chi connectivity index (χ1v) is 15.9. The van der Waals surface area contributed by atoms with Gasteiger partial charge in [-0.1, -0.05) is 55.8 Å². The summed E-state index contributed by atoms with van der Waals surface area (Å²) in [5.41, 5.74) is 5.46. The highest BCUT2D eigenvalue weighted by atomic mass is 32.1. The summed E-state index contributed by atoms with van der Waals surface area (Å²) in [6.07, 6.45) is 10.2. The molecule has 228 valence electrons. The van der Waals surface area contributed by atoms with Crippen LogP contribution in [0.2, 0.25) is 0 Å². The van der Waals surface area contributed by atoms with Crippen LogP contribution in [0.5, 0.6) is 11.5 Å². The van der Waals surface area contributed by atoms with Gasteiger partial charge < -0.3 is 23.5 Å². The molecule has 2 aliphatic heterocycles. The van der Waals surface area contributed by atoms with Crippen LogP contribution in [0.15, 0.2) is 95.4 Å². The van der Waals surface area contributed by atoms with Gasteiger partial charge in [-0.15, -0.1) is 11.3 Å². The Bertz CT molecular complexity index is 1660. The fourth-order valence-electron chi connectivity index (χ4n) is 5.40. The molecule has 0 saturated carbocycles. The van der Waals surface area contributed by atoms with E-state index in [2.05, 4.69) is 64.9 Å². The predicted molar refractivity (Wildman–Crippen MR) is 173 cm³/mol. The molecule has 0 amide bonds. The van der Waals surface area contributed by atoms with E-state index in [1.54, 1.807) is 11.3 Å². The van der Waals surface area contributed by atoms with E-state index in [4.69, 9.17) is 28.9 Å². The van der Waals surface area contributed by atoms with Gasteiger partial charge in [0.1, 0.15) is 16.5 Å². The number of benzene rings is 2. The lowest BCUT2D eigenvalue weighted by molar-refractivity contribution is 0.0157. The number of hydrogen-bond donors (Lipinski definition) is 0. The number of imidazole rings is 1. The minimum absolute atomic E-state index is 0.197. The molecule has 0 radical (unpaired) electrons. The summed E-state index contributed by atoms with van der Waals surface area (Å²) in [5, 5.41) is 2.94. The van der Waals surface area contributed by atoms with Crippen molar-refractivity contribution in [1.29, 1.82) is 0 Å². The highest BCUT2D eigenvalue weighted by molar-refractivity contribution is 7.13. The zero-order valence-electron chi connectivity index (χ0n) is 25.5. The van der Waals surface area contributed by atoms with Crippen LogP contribution in [0.4, 0.5) is 0 Å². The Labute approximate surface area is 262 Å². The number of nitrogens with zero attached hydrogens (tertiary/aromatic N) is 4. The van der Waals surface area contributed by atoms with E-state index < -0.39 is 0 Å². The number of allylic oxidation sites excluding steroid dienone is 4. The maximum absolute atomic E-state index is 5.80. The average Bonchev–Trinajstić information content (AvgIpc) is 3.80. The van der Waals surface area contributed by atoms with Crippen LogP contribution in [0.25, 0.3) is 22.1 Å². The summed E-state index contributed by atoms with van der Waals surface area (Å²) in [5.74, 6) is 4.16. The van der Waals surface area contributed by atoms with Crippen LogP contribution < -0.4 is 9.47 Å². The summed E-state index contributed by atoms with van der Waals surface area (Å²) < 4.78 is 25.2. The largest absolute Gasteiger partial charge is 0.462 e. The smallest absolute Gasteiger partial charge is 0.231 e. The maximum Gasteiger partial charge on any atom is 0.231 e. The second-order valence-corrected chi connectivity index (χ2v) is 11.8. The quantitative estimate of drug-likeness (QED) is 0.171. The Balaban J connectivity index is 1.43. The molecule has 2 aliphatic rings. The molecular formula is C35H38N4O4S. The number of thiazole rings is 1. The van der Waals surface area contributed by atoms with Crippen LogP contribution in [-0.2, 0) is 29.1 Å². The van der Waals surface area contributed by atoms with E-state index in [0.29, 0.717) is 19.6 Å². The summed E-state index contributed by atoms with van der Waals surface area (Å²) in [6.45, 7) is 9.50. The molecular weight excluding hydrogens is 572 g/mol. The lowest BCUT2D eigenvalue weighted by Gasteiger charge is -2.25. The third-order valence-electron chi connectivity index (χ3n) is 7.59. The third kappa shape index (κ3) is 7.06. The van der Waals surface area contributed by atoms with Crippen molar-refractivity contribution < 1.29 is 18.9 Å². The molecule has 8 nitrogen and oxygen atoms in total. The van der Waals surface area contributed by atoms with Gasteiger partial charge in [0.25, 0.3) is 0 Å². The van der Waals surface area contributed by atoms with Crippen molar-refractivity contribution in [3.05, 3.63) is 107 Å². The molecule has 0 unspecified atom stereocenters. The second-order valence-electron chi connectivity index (χ2n) is 11.0. The molecule has 2 aromatic carbocycles. The lowest BCUT2D eigenvalue weighted by atomic mass is 10.1. The van der Waals surface area contributed by atoms with Gasteiger partial charge in [0.05, 0.1) is 17.2 Å². The Morgan fingerprint density at radius 2 is 1.70 bits per heavy atom. The number of fused-ring (bicyclic) bond motifs is 1. The molecule has 0 atom stereocenters. The van der Waals surface area contributed by atoms with Crippen molar-refractivity contribution >= 4 is 11.3 Å². The summed E-state index contributed by atoms with van der Waals surface area (Å²) in [4.78, 5) is 12.4. The van der Waals surface area contributed by atoms with Crippen molar-refractivity contribution in [3.8, 4) is 33.6 Å². The molecule has 44 heavy (non-hydrogen) atoms. The van der Waals surface area contributed by atoms with Crippen LogP contribution in [0, 0.1) is 0 Å². The molecule has 0 bridgehead atoms. The molecule has 4 aromatic rings. The molecule has 0 saturated heterocycles. The van der Waals surface area contributed by atoms with Gasteiger partial charge in [0.15, 0.2) is 11.5 Å². The third-order valence-corrected chi connectivity index (χ3v) is 8.37. The van der Waals surface area contributed by atoms with Gasteiger partial charge in [-0.2, -0.15) is 0 Å². The fraction of sp³-hybridized carbons (Fsp3) is 0.314. The fourth-order valence-corrected chi connectivity index (χ4v) is 6.04. The monoisotopic (exact) mass is 610 g/mol. The van der Waals surface area contributed by atoms with Crippen LogP contribution >= 0.6 is 11.3 Å². The topological polar surface area (TPSA) is 70.9 Å². The van der Waals surface area contributed by atoms with Gasteiger partial charge in [-0.05, 0) is 55.7 Å². The van der Waals surface area contributed by atoms with E-state index in [9.17, 15) is 0 Å². The van der Waals surface area contributed by atoms with Gasteiger partial charge in [0, 0.05) is 43.3 Å². The Hall–Kier alpha value is -4.34. The second kappa shape index (κ2) is 14.0. The average molecular weight is 611 g/mol. The summed E-state index contributed by atoms with van der Waals surface area (Å²) >= 11 is 1.62. The summed E-state index contributed by atoms with van der Waals surface area (Å²) in [6, 6.07) is 16.7. The standard InChI is InChI=1S/C35H38N4O4S/c1-4-5-16-39-30(33(35-36-15-17-44-35)37-34(39)29-9-7-6-8-10-29)22-38(21-28-13-14-31-32(19-28)43-24-42-31)20-27-12-11-25(2)40-23-41-26(3)18-27/h6-15,17-19H,4-5,16,20-24H2,1-3H3/b25-11+,26-18+,27-12+. The number of aromatic nitrogens is 3. The van der Waals surface area contributed by atoms with E-state index in [0.717, 1.165) is 81.3 Å². The van der Waals surface area contributed by atoms with Gasteiger partial charge in [-0.25, -0.2) is 9.97 Å². The number of ether oxygens (including phenoxy) is 4. The van der Waals surface area contributed by atoms with E-state index >= 15 is 0 Å². The molecule has 2 aromatic heterocycles. The lowest BCUT2D eigenvalue weighted by Crippen LogP contribution is -2.27. The molecule has 0 fully saturated rings. The van der Waals surface area contributed by atoms with E-state index in [1.807, 2.05) is 43.6 Å². The number of unbranched alkanes of at least 4 members (excludes halogenated alkanes) is 1. The molecule has 0 aliphatic carbocycles. The number of rotatable bonds is 11. The first kappa shape index (κ1) is 29.7. The van der Waals surface area contributed by atoms with Gasteiger partial charge in [-0.3, -0.25) is 4.90 Å². The SMILES string of the molecule is CCCCn1c(-c2ccccc2)nc(-c2nccs2)c1CN(CC1=C/C=C(\C)OCO\C(C)=C\1)Cc1ccc2c(c1)OCO2.